The molecule has 9 nitrogen and oxygen atoms in total. The van der Waals surface area contributed by atoms with Gasteiger partial charge in [-0.15, -0.1) is 11.3 Å². The van der Waals surface area contributed by atoms with Gasteiger partial charge < -0.3 is 9.64 Å². The standard InChI is InChI=1S/C21H21BrN4O5S2/c1-31-16-6-8-17(9-7-16)33(29,30)26-11-10-25(12-19(26)20(27)24-28)21-23-18(13-32-21)14-2-4-15(22)5-3-14/h2-9,13,19,28H,10-12H2,1H3,(H,24,27). The molecule has 0 radical (unpaired) electrons. The predicted octanol–water partition coefficient (Wildman–Crippen LogP) is 2.97. The van der Waals surface area contributed by atoms with E-state index in [1.165, 1.54) is 30.6 Å². The molecule has 1 fully saturated rings. The van der Waals surface area contributed by atoms with Gasteiger partial charge in [-0.2, -0.15) is 4.31 Å². The zero-order valence-electron chi connectivity index (χ0n) is 17.5. The summed E-state index contributed by atoms with van der Waals surface area (Å²) in [7, 11) is -2.49. The van der Waals surface area contributed by atoms with Crippen LogP contribution < -0.4 is 15.1 Å². The van der Waals surface area contributed by atoms with Crippen molar-refractivity contribution in [2.24, 2.45) is 0 Å². The fraction of sp³-hybridized carbons (Fsp3) is 0.238. The van der Waals surface area contributed by atoms with Crippen molar-refractivity contribution in [3.8, 4) is 17.0 Å². The summed E-state index contributed by atoms with van der Waals surface area (Å²) in [6, 6.07) is 12.6. The fourth-order valence-corrected chi connectivity index (χ4v) is 6.27. The van der Waals surface area contributed by atoms with Crippen LogP contribution in [-0.2, 0) is 14.8 Å². The number of sulfonamides is 1. The molecule has 1 aliphatic rings. The van der Waals surface area contributed by atoms with Gasteiger partial charge in [-0.3, -0.25) is 10.0 Å². The van der Waals surface area contributed by atoms with E-state index in [2.05, 4.69) is 20.9 Å². The van der Waals surface area contributed by atoms with Gasteiger partial charge >= 0.3 is 0 Å². The lowest BCUT2D eigenvalue weighted by Gasteiger charge is -2.39. The van der Waals surface area contributed by atoms with E-state index in [0.717, 1.165) is 20.0 Å². The Balaban J connectivity index is 1.58. The Hall–Kier alpha value is -2.51. The first-order valence-electron chi connectivity index (χ1n) is 9.89. The quantitative estimate of drug-likeness (QED) is 0.357. The number of anilines is 1. The van der Waals surface area contributed by atoms with Gasteiger partial charge in [-0.05, 0) is 36.4 Å². The Bertz CT molecular complexity index is 1230. The van der Waals surface area contributed by atoms with E-state index in [-0.39, 0.29) is 18.0 Å². The molecule has 174 valence electrons. The Morgan fingerprint density at radius 3 is 2.52 bits per heavy atom. The van der Waals surface area contributed by atoms with Crippen molar-refractivity contribution >= 4 is 48.3 Å². The predicted molar refractivity (Wildman–Crippen MR) is 128 cm³/mol. The Morgan fingerprint density at radius 1 is 1.18 bits per heavy atom. The average molecular weight is 553 g/mol. The second kappa shape index (κ2) is 9.77. The third-order valence-electron chi connectivity index (χ3n) is 5.31. The third kappa shape index (κ3) is 4.89. The average Bonchev–Trinajstić information content (AvgIpc) is 3.34. The van der Waals surface area contributed by atoms with Gasteiger partial charge in [0.15, 0.2) is 5.13 Å². The fourth-order valence-electron chi connectivity index (χ4n) is 3.56. The van der Waals surface area contributed by atoms with E-state index >= 15 is 0 Å². The monoisotopic (exact) mass is 552 g/mol. The van der Waals surface area contributed by atoms with E-state index in [0.29, 0.717) is 17.4 Å². The highest BCUT2D eigenvalue weighted by molar-refractivity contribution is 9.10. The molecule has 0 bridgehead atoms. The summed E-state index contributed by atoms with van der Waals surface area (Å²) in [5, 5.41) is 11.9. The largest absolute Gasteiger partial charge is 0.497 e. The number of piperazine rings is 1. The van der Waals surface area contributed by atoms with E-state index in [9.17, 15) is 18.4 Å². The number of rotatable bonds is 6. The second-order valence-corrected chi connectivity index (χ2v) is 10.9. The number of thiazole rings is 1. The van der Waals surface area contributed by atoms with Crippen LogP contribution in [-0.4, -0.2) is 61.6 Å². The summed E-state index contributed by atoms with van der Waals surface area (Å²) in [4.78, 5) is 19.0. The summed E-state index contributed by atoms with van der Waals surface area (Å²) in [5.41, 5.74) is 3.34. The van der Waals surface area contributed by atoms with Crippen LogP contribution in [0.15, 0.2) is 63.3 Å². The SMILES string of the molecule is COc1ccc(S(=O)(=O)N2CCN(c3nc(-c4ccc(Br)cc4)cs3)CC2C(=O)NO)cc1. The van der Waals surface area contributed by atoms with Crippen molar-refractivity contribution in [3.05, 3.63) is 58.4 Å². The first kappa shape index (κ1) is 23.6. The van der Waals surface area contributed by atoms with Crippen LogP contribution in [0.3, 0.4) is 0 Å². The lowest BCUT2D eigenvalue weighted by atomic mass is 10.2. The number of nitrogens with zero attached hydrogens (tertiary/aromatic N) is 3. The molecule has 1 saturated heterocycles. The van der Waals surface area contributed by atoms with E-state index in [1.807, 2.05) is 34.5 Å². The van der Waals surface area contributed by atoms with Crippen LogP contribution in [0.4, 0.5) is 5.13 Å². The smallest absolute Gasteiger partial charge is 0.263 e. The molecule has 12 heteroatoms. The molecule has 3 aromatic rings. The number of carbonyl (C=O) groups excluding carboxylic acids is 1. The van der Waals surface area contributed by atoms with Crippen molar-refractivity contribution in [3.63, 3.8) is 0 Å². The van der Waals surface area contributed by atoms with Gasteiger partial charge in [-0.25, -0.2) is 18.9 Å². The molecular formula is C21H21BrN4O5S2. The first-order chi connectivity index (χ1) is 15.8. The minimum Gasteiger partial charge on any atom is -0.497 e. The summed E-state index contributed by atoms with van der Waals surface area (Å²) >= 11 is 4.83. The van der Waals surface area contributed by atoms with Crippen LogP contribution >= 0.6 is 27.3 Å². The number of hydroxylamine groups is 1. The minimum atomic E-state index is -3.98. The Kier molecular flexibility index (Phi) is 7.00. The summed E-state index contributed by atoms with van der Waals surface area (Å²) in [6.07, 6.45) is 0. The highest BCUT2D eigenvalue weighted by Crippen LogP contribution is 2.31. The number of ether oxygens (including phenoxy) is 1. The molecule has 33 heavy (non-hydrogen) atoms. The normalized spacial score (nSPS) is 17.1. The maximum atomic E-state index is 13.3. The highest BCUT2D eigenvalue weighted by Gasteiger charge is 2.40. The molecule has 0 aliphatic carbocycles. The number of methoxy groups -OCH3 is 1. The Labute approximate surface area is 203 Å². The topological polar surface area (TPSA) is 112 Å². The summed E-state index contributed by atoms with van der Waals surface area (Å²) < 4.78 is 33.7. The van der Waals surface area contributed by atoms with Gasteiger partial charge in [0, 0.05) is 35.1 Å². The van der Waals surface area contributed by atoms with E-state index in [4.69, 9.17) is 4.74 Å². The number of hydrogen-bond donors (Lipinski definition) is 2. The molecule has 0 spiro atoms. The van der Waals surface area contributed by atoms with Crippen molar-refractivity contribution in [1.82, 2.24) is 14.8 Å². The number of halogens is 1. The zero-order chi connectivity index (χ0) is 23.6. The maximum Gasteiger partial charge on any atom is 0.263 e. The summed E-state index contributed by atoms with van der Waals surface area (Å²) in [5.74, 6) is -0.282. The minimum absolute atomic E-state index is 0.0410. The van der Waals surface area contributed by atoms with Crippen LogP contribution in [0.25, 0.3) is 11.3 Å². The third-order valence-corrected chi connectivity index (χ3v) is 8.67. The second-order valence-electron chi connectivity index (χ2n) is 7.25. The van der Waals surface area contributed by atoms with Gasteiger partial charge in [0.05, 0.1) is 17.7 Å². The van der Waals surface area contributed by atoms with Gasteiger partial charge in [-0.1, -0.05) is 28.1 Å². The van der Waals surface area contributed by atoms with Crippen LogP contribution in [0.5, 0.6) is 5.75 Å². The number of amides is 1. The molecule has 1 aromatic heterocycles. The maximum absolute atomic E-state index is 13.3. The molecule has 1 amide bonds. The Morgan fingerprint density at radius 2 is 1.88 bits per heavy atom. The molecule has 2 N–H and O–H groups in total. The van der Waals surface area contributed by atoms with E-state index < -0.39 is 22.0 Å². The van der Waals surface area contributed by atoms with Gasteiger partial charge in [0.25, 0.3) is 5.91 Å². The molecule has 4 rings (SSSR count). The van der Waals surface area contributed by atoms with Crippen molar-refractivity contribution < 1.29 is 23.2 Å². The number of benzene rings is 2. The highest BCUT2D eigenvalue weighted by atomic mass is 79.9. The molecule has 1 atom stereocenters. The van der Waals surface area contributed by atoms with E-state index in [1.54, 1.807) is 17.6 Å². The van der Waals surface area contributed by atoms with Gasteiger partial charge in [0.2, 0.25) is 10.0 Å². The van der Waals surface area contributed by atoms with Crippen LogP contribution in [0.2, 0.25) is 0 Å². The van der Waals surface area contributed by atoms with Crippen LogP contribution in [0, 0.1) is 0 Å². The summed E-state index contributed by atoms with van der Waals surface area (Å²) in [6.45, 7) is 0.451. The lowest BCUT2D eigenvalue weighted by Crippen LogP contribution is -2.60. The zero-order valence-corrected chi connectivity index (χ0v) is 20.7. The van der Waals surface area contributed by atoms with Gasteiger partial charge in [0.1, 0.15) is 11.8 Å². The number of carbonyl (C=O) groups is 1. The van der Waals surface area contributed by atoms with Crippen molar-refractivity contribution in [2.45, 2.75) is 10.9 Å². The lowest BCUT2D eigenvalue weighted by molar-refractivity contribution is -0.133. The van der Waals surface area contributed by atoms with Crippen molar-refractivity contribution in [2.75, 3.05) is 31.6 Å². The molecular weight excluding hydrogens is 532 g/mol. The molecule has 0 saturated carbocycles. The van der Waals surface area contributed by atoms with Crippen molar-refractivity contribution in [1.29, 1.82) is 0 Å². The molecule has 1 unspecified atom stereocenters. The molecule has 2 aromatic carbocycles. The number of nitrogens with one attached hydrogen (secondary N) is 1. The molecule has 2 heterocycles. The number of aromatic nitrogens is 1. The number of hydrogen-bond acceptors (Lipinski definition) is 8. The molecule has 1 aliphatic heterocycles. The first-order valence-corrected chi connectivity index (χ1v) is 13.0. The van der Waals surface area contributed by atoms with Crippen LogP contribution in [0.1, 0.15) is 0 Å².